The minimum absolute atomic E-state index is 0.0444. The van der Waals surface area contributed by atoms with Gasteiger partial charge in [0.25, 0.3) is 0 Å². The van der Waals surface area contributed by atoms with Crippen LogP contribution in [0.3, 0.4) is 0 Å². The lowest BCUT2D eigenvalue weighted by atomic mass is 9.35. The Morgan fingerprint density at radius 2 is 1.21 bits per heavy atom. The van der Waals surface area contributed by atoms with Crippen molar-refractivity contribution in [3.8, 4) is 0 Å². The standard InChI is InChI=1S/C48H78O18/c1-22-31(54)38(65-42-37(60)39(33(56)26(19-50)63-42)66-40-35(58)34(57)32(55)25(18-49)62-40)36(59)41(61-22)64-30-11-12-44(4)27(45(30,5)20-51)10-13-46(6)28(44)9-8-23-24-16-43(2,3)14-15-48(24,21-52)29(53)17-47(23,46)7/h8-9,22,25-42,49-60H,10-21H2,1-7H3/t22-,25-,26-,27+,28+,29-,30+,31+,32-,33-,34+,35-,36-,37-,38+,39+,40+,41+,42+,44+,45+,46-,47-,48-/m1/s1. The molecule has 0 radical (unpaired) electrons. The summed E-state index contributed by atoms with van der Waals surface area (Å²) in [5.41, 5.74) is 0.115. The van der Waals surface area contributed by atoms with E-state index in [2.05, 4.69) is 46.8 Å². The molecule has 8 aliphatic rings. The van der Waals surface area contributed by atoms with E-state index >= 15 is 0 Å². The fourth-order valence-corrected chi connectivity index (χ4v) is 14.5. The van der Waals surface area contributed by atoms with Gasteiger partial charge in [-0.1, -0.05) is 59.3 Å². The molecule has 0 unspecified atom stereocenters. The number of allylic oxidation sites excluding steroid dienone is 3. The highest BCUT2D eigenvalue weighted by Crippen LogP contribution is 2.74. The van der Waals surface area contributed by atoms with Crippen LogP contribution in [-0.4, -0.2) is 192 Å². The Bertz CT molecular complexity index is 1810. The average Bonchev–Trinajstić information content (AvgIpc) is 3.27. The summed E-state index contributed by atoms with van der Waals surface area (Å²) >= 11 is 0. The maximum absolute atomic E-state index is 12.1. The van der Waals surface area contributed by atoms with Gasteiger partial charge in [-0.3, -0.25) is 0 Å². The van der Waals surface area contributed by atoms with E-state index in [0.717, 1.165) is 32.1 Å². The Hall–Kier alpha value is -1.24. The highest BCUT2D eigenvalue weighted by Gasteiger charge is 2.69. The van der Waals surface area contributed by atoms with Crippen LogP contribution >= 0.6 is 0 Å². The molecule has 0 bridgehead atoms. The minimum atomic E-state index is -1.91. The topological polar surface area (TPSA) is 298 Å². The highest BCUT2D eigenvalue weighted by molar-refractivity contribution is 5.47. The van der Waals surface area contributed by atoms with Gasteiger partial charge in [0.2, 0.25) is 0 Å². The summed E-state index contributed by atoms with van der Waals surface area (Å²) in [4.78, 5) is 0. The monoisotopic (exact) mass is 943 g/mol. The first-order chi connectivity index (χ1) is 30.9. The molecule has 0 aromatic rings. The normalized spacial score (nSPS) is 54.8. The zero-order valence-corrected chi connectivity index (χ0v) is 39.4. The van der Waals surface area contributed by atoms with Gasteiger partial charge in [-0.2, -0.15) is 0 Å². The number of fused-ring (bicyclic) bond motifs is 6. The first kappa shape index (κ1) is 51.1. The number of aliphatic hydroxyl groups is 12. The molecule has 3 saturated carbocycles. The first-order valence-electron chi connectivity index (χ1n) is 24.1. The van der Waals surface area contributed by atoms with E-state index in [9.17, 15) is 61.3 Å². The van der Waals surface area contributed by atoms with Crippen molar-refractivity contribution in [2.24, 2.45) is 44.3 Å². The summed E-state index contributed by atoms with van der Waals surface area (Å²) in [5.74, 6) is 0.0357. The van der Waals surface area contributed by atoms with Gasteiger partial charge in [0, 0.05) is 16.2 Å². The molecule has 3 saturated heterocycles. The molecule has 0 aromatic heterocycles. The van der Waals surface area contributed by atoms with E-state index in [0.29, 0.717) is 19.3 Å². The molecular formula is C48H78O18. The summed E-state index contributed by atoms with van der Waals surface area (Å²) in [7, 11) is 0. The van der Waals surface area contributed by atoms with Crippen molar-refractivity contribution in [2.45, 2.75) is 204 Å². The van der Waals surface area contributed by atoms with E-state index in [1.54, 1.807) is 6.92 Å². The molecule has 0 amide bonds. The average molecular weight is 943 g/mol. The summed E-state index contributed by atoms with van der Waals surface area (Å²) in [6.45, 7) is 13.2. The number of aliphatic hydroxyl groups excluding tert-OH is 12. The van der Waals surface area contributed by atoms with Crippen LogP contribution in [0.1, 0.15) is 99.8 Å². The molecule has 378 valence electrons. The molecule has 3 heterocycles. The highest BCUT2D eigenvalue weighted by atomic mass is 16.8. The van der Waals surface area contributed by atoms with Crippen molar-refractivity contribution in [1.29, 1.82) is 0 Å². The van der Waals surface area contributed by atoms with Crippen LogP contribution in [-0.2, 0) is 28.4 Å². The second-order valence-corrected chi connectivity index (χ2v) is 23.1. The molecule has 0 aromatic carbocycles. The third kappa shape index (κ3) is 7.75. The predicted octanol–water partition coefficient (Wildman–Crippen LogP) is -0.495. The van der Waals surface area contributed by atoms with Gasteiger partial charge in [-0.05, 0) is 91.9 Å². The summed E-state index contributed by atoms with van der Waals surface area (Å²) < 4.78 is 35.7. The maximum atomic E-state index is 12.1. The molecule has 12 N–H and O–H groups in total. The minimum Gasteiger partial charge on any atom is -0.396 e. The van der Waals surface area contributed by atoms with E-state index < -0.39 is 128 Å². The molecule has 5 aliphatic carbocycles. The van der Waals surface area contributed by atoms with Crippen molar-refractivity contribution in [2.75, 3.05) is 26.4 Å². The third-order valence-corrected chi connectivity index (χ3v) is 19.0. The van der Waals surface area contributed by atoms with Crippen molar-refractivity contribution >= 4 is 0 Å². The Labute approximate surface area is 387 Å². The number of ether oxygens (including phenoxy) is 6. The van der Waals surface area contributed by atoms with Crippen molar-refractivity contribution < 1.29 is 89.7 Å². The Balaban J connectivity index is 1.01. The third-order valence-electron chi connectivity index (χ3n) is 19.0. The van der Waals surface area contributed by atoms with Crippen LogP contribution in [0, 0.1) is 44.3 Å². The van der Waals surface area contributed by atoms with Gasteiger partial charge in [0.05, 0.1) is 44.7 Å². The van der Waals surface area contributed by atoms with Gasteiger partial charge in [0.15, 0.2) is 18.9 Å². The molecule has 24 atom stereocenters. The number of hydrogen-bond acceptors (Lipinski definition) is 18. The van der Waals surface area contributed by atoms with E-state index in [1.807, 2.05) is 6.92 Å². The fraction of sp³-hybridized carbons (Fsp3) is 0.917. The van der Waals surface area contributed by atoms with Gasteiger partial charge in [-0.15, -0.1) is 0 Å². The first-order valence-corrected chi connectivity index (χ1v) is 24.1. The number of rotatable bonds is 10. The zero-order valence-electron chi connectivity index (χ0n) is 39.4. The lowest BCUT2D eigenvalue weighted by Gasteiger charge is -2.70. The maximum Gasteiger partial charge on any atom is 0.187 e. The Morgan fingerprint density at radius 1 is 0.621 bits per heavy atom. The van der Waals surface area contributed by atoms with Gasteiger partial charge < -0.3 is 89.7 Å². The fourth-order valence-electron chi connectivity index (χ4n) is 14.5. The molecule has 66 heavy (non-hydrogen) atoms. The molecular weight excluding hydrogens is 865 g/mol. The summed E-state index contributed by atoms with van der Waals surface area (Å²) in [6, 6.07) is 0. The lowest BCUT2D eigenvalue weighted by Crippen LogP contribution is -2.67. The second kappa shape index (κ2) is 18.1. The quantitative estimate of drug-likeness (QED) is 0.123. The van der Waals surface area contributed by atoms with Gasteiger partial charge in [0.1, 0.15) is 67.1 Å². The Kier molecular flexibility index (Phi) is 14.0. The van der Waals surface area contributed by atoms with E-state index in [1.165, 1.54) is 11.1 Å². The van der Waals surface area contributed by atoms with Gasteiger partial charge >= 0.3 is 0 Å². The molecule has 6 fully saturated rings. The zero-order chi connectivity index (χ0) is 48.3. The van der Waals surface area contributed by atoms with E-state index in [-0.39, 0.29) is 46.7 Å². The van der Waals surface area contributed by atoms with Crippen LogP contribution in [0.2, 0.25) is 0 Å². The molecule has 18 heteroatoms. The smallest absolute Gasteiger partial charge is 0.187 e. The van der Waals surface area contributed by atoms with Crippen LogP contribution < -0.4 is 0 Å². The largest absolute Gasteiger partial charge is 0.396 e. The lowest BCUT2D eigenvalue weighted by molar-refractivity contribution is -0.383. The van der Waals surface area contributed by atoms with Crippen molar-refractivity contribution in [3.05, 3.63) is 23.3 Å². The summed E-state index contributed by atoms with van der Waals surface area (Å²) in [5, 5.41) is 131. The molecule has 0 spiro atoms. The van der Waals surface area contributed by atoms with Crippen LogP contribution in [0.4, 0.5) is 0 Å². The molecule has 18 nitrogen and oxygen atoms in total. The van der Waals surface area contributed by atoms with Crippen molar-refractivity contribution in [3.63, 3.8) is 0 Å². The number of hydrogen-bond donors (Lipinski definition) is 12. The van der Waals surface area contributed by atoms with Crippen molar-refractivity contribution in [1.82, 2.24) is 0 Å². The van der Waals surface area contributed by atoms with Crippen LogP contribution in [0.25, 0.3) is 0 Å². The SMILES string of the molecule is C[C@H]1O[C@@H](O[C@H]2CC[C@@]3(C)[C@H](CC[C@]4(C)[C@H]3C=CC3=C5CC(C)(C)CC[C@]5(CO)[C@H](O)C[C@]34C)[C@]2(C)CO)[C@H](O)[C@@H](O[C@@H]2O[C@H](CO)[C@@H](O)[C@H](O[C@@H]3O[C@H](CO)[C@@H](O)[C@H](O)[C@H]3O)[C@H]2O)[C@H]1O. The molecule has 8 rings (SSSR count). The van der Waals surface area contributed by atoms with Crippen LogP contribution in [0.5, 0.6) is 0 Å². The van der Waals surface area contributed by atoms with Crippen LogP contribution in [0.15, 0.2) is 23.3 Å². The second-order valence-electron chi connectivity index (χ2n) is 23.1. The summed E-state index contributed by atoms with van der Waals surface area (Å²) in [6.07, 6.45) is -15.1. The van der Waals surface area contributed by atoms with Gasteiger partial charge in [-0.25, -0.2) is 0 Å². The Morgan fingerprint density at radius 3 is 1.82 bits per heavy atom. The molecule has 3 aliphatic heterocycles. The van der Waals surface area contributed by atoms with E-state index in [4.69, 9.17) is 28.4 Å². The predicted molar refractivity (Wildman–Crippen MR) is 231 cm³/mol.